The Morgan fingerprint density at radius 3 is 2.18 bits per heavy atom. The van der Waals surface area contributed by atoms with Gasteiger partial charge in [-0.05, 0) is 29.4 Å². The summed E-state index contributed by atoms with van der Waals surface area (Å²) in [6.07, 6.45) is 1.55. The molecule has 2 heteroatoms. The predicted octanol–water partition coefficient (Wildman–Crippen LogP) is 3.21. The molecule has 11 heavy (non-hydrogen) atoms. The average Bonchev–Trinajstić information content (AvgIpc) is 1.53. The first-order valence-corrected chi connectivity index (χ1v) is 4.37. The molecule has 1 nitrogen and oxygen atoms in total. The van der Waals surface area contributed by atoms with Crippen molar-refractivity contribution in [1.82, 2.24) is 0 Å². The Bertz CT molecular complexity index is 135. The molecule has 0 spiro atoms. The molecule has 0 fully saturated rings. The smallest absolute Gasteiger partial charge is 0.221 e. The molecular weight excluding hydrogens is 160 g/mol. The highest BCUT2D eigenvalue weighted by Gasteiger charge is 2.16. The number of hydrogen-bond donors (Lipinski definition) is 0. The lowest BCUT2D eigenvalue weighted by Gasteiger charge is -2.21. The molecule has 0 saturated carbocycles. The van der Waals surface area contributed by atoms with Gasteiger partial charge in [-0.15, -0.1) is 0 Å². The third kappa shape index (κ3) is 7.86. The summed E-state index contributed by atoms with van der Waals surface area (Å²) in [4.78, 5) is 10.5. The molecule has 1 atom stereocenters. The van der Waals surface area contributed by atoms with Crippen molar-refractivity contribution in [3.05, 3.63) is 0 Å². The minimum Gasteiger partial charge on any atom is -0.281 e. The van der Waals surface area contributed by atoms with Gasteiger partial charge < -0.3 is 0 Å². The second-order valence-corrected chi connectivity index (χ2v) is 4.85. The number of rotatable bonds is 3. The summed E-state index contributed by atoms with van der Waals surface area (Å²) in [5.41, 5.74) is 0.297. The Kier molecular flexibility index (Phi) is 4.09. The van der Waals surface area contributed by atoms with Gasteiger partial charge in [-0.1, -0.05) is 27.7 Å². The van der Waals surface area contributed by atoms with Crippen LogP contribution in [0.5, 0.6) is 0 Å². The molecule has 0 aliphatic carbocycles. The van der Waals surface area contributed by atoms with Gasteiger partial charge in [-0.2, -0.15) is 0 Å². The van der Waals surface area contributed by atoms with Crippen molar-refractivity contribution in [2.24, 2.45) is 11.3 Å². The minimum absolute atomic E-state index is 0.221. The molecule has 0 aromatic heterocycles. The van der Waals surface area contributed by atoms with Crippen LogP contribution in [0.2, 0.25) is 0 Å². The molecule has 0 radical (unpaired) electrons. The van der Waals surface area contributed by atoms with Gasteiger partial charge in [0.15, 0.2) is 0 Å². The van der Waals surface area contributed by atoms with E-state index in [-0.39, 0.29) is 5.24 Å². The van der Waals surface area contributed by atoms with Crippen LogP contribution in [0, 0.1) is 11.3 Å². The van der Waals surface area contributed by atoms with Crippen molar-refractivity contribution in [2.75, 3.05) is 0 Å². The maximum atomic E-state index is 10.5. The highest BCUT2D eigenvalue weighted by Crippen LogP contribution is 2.26. The molecule has 0 bridgehead atoms. The fourth-order valence-corrected chi connectivity index (χ4v) is 1.65. The van der Waals surface area contributed by atoms with Gasteiger partial charge in [0.05, 0.1) is 0 Å². The highest BCUT2D eigenvalue weighted by atomic mass is 35.5. The van der Waals surface area contributed by atoms with Gasteiger partial charge in [0.25, 0.3) is 0 Å². The van der Waals surface area contributed by atoms with Crippen molar-refractivity contribution in [3.63, 3.8) is 0 Å². The zero-order valence-corrected chi connectivity index (χ0v) is 8.53. The van der Waals surface area contributed by atoms with E-state index in [1.165, 1.54) is 0 Å². The van der Waals surface area contributed by atoms with Gasteiger partial charge in [-0.25, -0.2) is 0 Å². The van der Waals surface area contributed by atoms with Gasteiger partial charge >= 0.3 is 0 Å². The van der Waals surface area contributed by atoms with E-state index in [9.17, 15) is 4.79 Å². The van der Waals surface area contributed by atoms with Crippen LogP contribution in [-0.4, -0.2) is 5.24 Å². The van der Waals surface area contributed by atoms with E-state index in [0.29, 0.717) is 17.8 Å². The summed E-state index contributed by atoms with van der Waals surface area (Å²) < 4.78 is 0. The van der Waals surface area contributed by atoms with Crippen LogP contribution in [0.1, 0.15) is 40.5 Å². The van der Waals surface area contributed by atoms with Gasteiger partial charge in [0, 0.05) is 6.42 Å². The standard InChI is InChI=1S/C9H17ClO/c1-7(5-8(10)11)6-9(2,3)4/h7H,5-6H2,1-4H3/t7-/m1/s1. The monoisotopic (exact) mass is 176 g/mol. The Labute approximate surface area is 74.1 Å². The van der Waals surface area contributed by atoms with Gasteiger partial charge in [0.1, 0.15) is 0 Å². The SMILES string of the molecule is C[C@H](CC(=O)Cl)CC(C)(C)C. The summed E-state index contributed by atoms with van der Waals surface area (Å²) in [6, 6.07) is 0. The van der Waals surface area contributed by atoms with E-state index in [1.807, 2.05) is 0 Å². The van der Waals surface area contributed by atoms with Crippen LogP contribution < -0.4 is 0 Å². The normalized spacial score (nSPS) is 14.6. The maximum Gasteiger partial charge on any atom is 0.221 e. The Balaban J connectivity index is 3.69. The molecule has 0 aromatic rings. The van der Waals surface area contributed by atoms with Crippen molar-refractivity contribution < 1.29 is 4.79 Å². The summed E-state index contributed by atoms with van der Waals surface area (Å²) >= 11 is 5.26. The molecule has 0 aliphatic heterocycles. The van der Waals surface area contributed by atoms with Crippen LogP contribution >= 0.6 is 11.6 Å². The summed E-state index contributed by atoms with van der Waals surface area (Å²) in [5.74, 6) is 0.403. The third-order valence-corrected chi connectivity index (χ3v) is 1.62. The van der Waals surface area contributed by atoms with Crippen molar-refractivity contribution >= 4 is 16.8 Å². The van der Waals surface area contributed by atoms with Crippen LogP contribution in [0.15, 0.2) is 0 Å². The first-order valence-electron chi connectivity index (χ1n) is 3.99. The van der Waals surface area contributed by atoms with E-state index < -0.39 is 0 Å². The first-order chi connectivity index (χ1) is 4.81. The van der Waals surface area contributed by atoms with Crippen LogP contribution in [0.3, 0.4) is 0 Å². The fraction of sp³-hybridized carbons (Fsp3) is 0.889. The number of carbonyl (C=O) groups excluding carboxylic acids is 1. The summed E-state index contributed by atoms with van der Waals surface area (Å²) in [5, 5.41) is -0.221. The van der Waals surface area contributed by atoms with Gasteiger partial charge in [-0.3, -0.25) is 4.79 Å². The van der Waals surface area contributed by atoms with Crippen molar-refractivity contribution in [2.45, 2.75) is 40.5 Å². The molecule has 0 aromatic carbocycles. The second-order valence-electron chi connectivity index (χ2n) is 4.43. The molecule has 0 heterocycles. The van der Waals surface area contributed by atoms with Gasteiger partial charge in [0.2, 0.25) is 5.24 Å². The molecule has 0 unspecified atom stereocenters. The van der Waals surface area contributed by atoms with Crippen molar-refractivity contribution in [1.29, 1.82) is 0 Å². The fourth-order valence-electron chi connectivity index (χ4n) is 1.39. The maximum absolute atomic E-state index is 10.5. The summed E-state index contributed by atoms with van der Waals surface area (Å²) in [6.45, 7) is 8.57. The Hall–Kier alpha value is -0.0400. The minimum atomic E-state index is -0.221. The number of hydrogen-bond acceptors (Lipinski definition) is 1. The molecule has 0 N–H and O–H groups in total. The lowest BCUT2D eigenvalue weighted by Crippen LogP contribution is -2.12. The molecular formula is C9H17ClO. The number of carbonyl (C=O) groups is 1. The van der Waals surface area contributed by atoms with E-state index in [0.717, 1.165) is 6.42 Å². The Morgan fingerprint density at radius 1 is 1.45 bits per heavy atom. The third-order valence-electron chi connectivity index (χ3n) is 1.47. The number of halogens is 1. The van der Waals surface area contributed by atoms with Crippen LogP contribution in [0.4, 0.5) is 0 Å². The van der Waals surface area contributed by atoms with Crippen LogP contribution in [0.25, 0.3) is 0 Å². The van der Waals surface area contributed by atoms with E-state index in [4.69, 9.17) is 11.6 Å². The summed E-state index contributed by atoms with van der Waals surface area (Å²) in [7, 11) is 0. The molecule has 0 saturated heterocycles. The van der Waals surface area contributed by atoms with E-state index >= 15 is 0 Å². The predicted molar refractivity (Wildman–Crippen MR) is 48.7 cm³/mol. The molecule has 0 aliphatic rings. The first kappa shape index (κ1) is 11.0. The highest BCUT2D eigenvalue weighted by molar-refractivity contribution is 6.63. The lowest BCUT2D eigenvalue weighted by molar-refractivity contribution is -0.112. The molecule has 66 valence electrons. The molecule has 0 rings (SSSR count). The quantitative estimate of drug-likeness (QED) is 0.604. The van der Waals surface area contributed by atoms with E-state index in [2.05, 4.69) is 27.7 Å². The zero-order valence-electron chi connectivity index (χ0n) is 7.78. The lowest BCUT2D eigenvalue weighted by atomic mass is 9.84. The van der Waals surface area contributed by atoms with E-state index in [1.54, 1.807) is 0 Å². The van der Waals surface area contributed by atoms with Crippen molar-refractivity contribution in [3.8, 4) is 0 Å². The largest absolute Gasteiger partial charge is 0.281 e. The topological polar surface area (TPSA) is 17.1 Å². The zero-order chi connectivity index (χ0) is 9.07. The molecule has 0 amide bonds. The average molecular weight is 177 g/mol. The van der Waals surface area contributed by atoms with Crippen LogP contribution in [-0.2, 0) is 4.79 Å². The Morgan fingerprint density at radius 2 is 1.91 bits per heavy atom. The second kappa shape index (κ2) is 4.10.